The highest BCUT2D eigenvalue weighted by Gasteiger charge is 2.18. The van der Waals surface area contributed by atoms with Gasteiger partial charge in [0.1, 0.15) is 5.82 Å². The quantitative estimate of drug-likeness (QED) is 0.753. The fourth-order valence-corrected chi connectivity index (χ4v) is 1.86. The summed E-state index contributed by atoms with van der Waals surface area (Å²) in [6.07, 6.45) is 1.54. The van der Waals surface area contributed by atoms with Crippen molar-refractivity contribution in [2.75, 3.05) is 25.4 Å². The van der Waals surface area contributed by atoms with E-state index in [0.717, 1.165) is 12.5 Å². The molecular formula is C15H22FN3O2. The van der Waals surface area contributed by atoms with Crippen molar-refractivity contribution in [3.05, 3.63) is 29.6 Å². The summed E-state index contributed by atoms with van der Waals surface area (Å²) in [6, 6.07) is 3.92. The average Bonchev–Trinajstić information content (AvgIpc) is 2.46. The molecule has 0 heterocycles. The van der Waals surface area contributed by atoms with Crippen LogP contribution in [0.25, 0.3) is 0 Å². The van der Waals surface area contributed by atoms with Crippen molar-refractivity contribution >= 4 is 17.5 Å². The number of hydrogen-bond acceptors (Lipinski definition) is 3. The lowest BCUT2D eigenvalue weighted by molar-refractivity contribution is -0.121. The predicted octanol–water partition coefficient (Wildman–Crippen LogP) is 1.79. The highest BCUT2D eigenvalue weighted by Crippen LogP contribution is 2.14. The van der Waals surface area contributed by atoms with Gasteiger partial charge < -0.3 is 16.0 Å². The maximum absolute atomic E-state index is 13.4. The summed E-state index contributed by atoms with van der Waals surface area (Å²) >= 11 is 0. The lowest BCUT2D eigenvalue weighted by Crippen LogP contribution is -2.41. The first-order valence-electron chi connectivity index (χ1n) is 7.10. The van der Waals surface area contributed by atoms with Crippen LogP contribution in [0.5, 0.6) is 0 Å². The number of carbonyl (C=O) groups excluding carboxylic acids is 2. The highest BCUT2D eigenvalue weighted by atomic mass is 19.1. The molecule has 21 heavy (non-hydrogen) atoms. The molecule has 2 amide bonds. The Labute approximate surface area is 124 Å². The molecule has 0 saturated heterocycles. The van der Waals surface area contributed by atoms with Crippen molar-refractivity contribution in [1.29, 1.82) is 0 Å². The van der Waals surface area contributed by atoms with Crippen LogP contribution < -0.4 is 11.1 Å². The van der Waals surface area contributed by atoms with E-state index in [1.807, 2.05) is 13.8 Å². The maximum atomic E-state index is 13.4. The molecule has 0 aromatic heterocycles. The molecule has 116 valence electrons. The number of nitrogens with one attached hydrogen (secondary N) is 1. The van der Waals surface area contributed by atoms with E-state index in [-0.39, 0.29) is 29.6 Å². The highest BCUT2D eigenvalue weighted by molar-refractivity contribution is 5.96. The second kappa shape index (κ2) is 8.24. The van der Waals surface area contributed by atoms with Crippen LogP contribution in [-0.4, -0.2) is 36.3 Å². The maximum Gasteiger partial charge on any atom is 0.254 e. The van der Waals surface area contributed by atoms with Crippen LogP contribution in [-0.2, 0) is 4.79 Å². The largest absolute Gasteiger partial charge is 0.396 e. The minimum atomic E-state index is -0.632. The molecule has 0 fully saturated rings. The Kier molecular flexibility index (Phi) is 6.65. The van der Waals surface area contributed by atoms with E-state index in [4.69, 9.17) is 5.73 Å². The van der Waals surface area contributed by atoms with Gasteiger partial charge in [0.25, 0.3) is 5.91 Å². The van der Waals surface area contributed by atoms with Gasteiger partial charge in [0.2, 0.25) is 5.91 Å². The summed E-state index contributed by atoms with van der Waals surface area (Å²) in [5.74, 6) is -1.22. The monoisotopic (exact) mass is 295 g/mol. The number of nitrogens with zero attached hydrogens (tertiary/aromatic N) is 1. The molecule has 0 aliphatic carbocycles. The van der Waals surface area contributed by atoms with Gasteiger partial charge >= 0.3 is 0 Å². The van der Waals surface area contributed by atoms with Gasteiger partial charge in [-0.2, -0.15) is 0 Å². The third-order valence-corrected chi connectivity index (χ3v) is 2.93. The van der Waals surface area contributed by atoms with Crippen LogP contribution in [0.2, 0.25) is 0 Å². The van der Waals surface area contributed by atoms with E-state index < -0.39 is 5.82 Å². The first-order valence-corrected chi connectivity index (χ1v) is 7.10. The molecule has 3 N–H and O–H groups in total. The first-order chi connectivity index (χ1) is 9.99. The van der Waals surface area contributed by atoms with Crippen LogP contribution in [0, 0.1) is 5.82 Å². The number of carbonyl (C=O) groups is 2. The number of rotatable bonds is 7. The van der Waals surface area contributed by atoms with Crippen LogP contribution in [0.1, 0.15) is 37.0 Å². The molecule has 0 aliphatic heterocycles. The molecule has 0 aliphatic rings. The van der Waals surface area contributed by atoms with E-state index >= 15 is 0 Å². The first kappa shape index (κ1) is 16.9. The zero-order chi connectivity index (χ0) is 15.8. The van der Waals surface area contributed by atoms with E-state index in [0.29, 0.717) is 19.5 Å². The van der Waals surface area contributed by atoms with Crippen molar-refractivity contribution in [3.63, 3.8) is 0 Å². The summed E-state index contributed by atoms with van der Waals surface area (Å²) in [5, 5.41) is 2.72. The average molecular weight is 295 g/mol. The Morgan fingerprint density at radius 1 is 1.29 bits per heavy atom. The number of nitrogens with two attached hydrogens (primary N) is 1. The van der Waals surface area contributed by atoms with Crippen LogP contribution >= 0.6 is 0 Å². The van der Waals surface area contributed by atoms with Gasteiger partial charge in [-0.1, -0.05) is 13.8 Å². The number of hydrogen-bond donors (Lipinski definition) is 2. The van der Waals surface area contributed by atoms with E-state index in [2.05, 4.69) is 5.32 Å². The van der Waals surface area contributed by atoms with Gasteiger partial charge in [-0.15, -0.1) is 0 Å². The molecule has 1 aromatic carbocycles. The van der Waals surface area contributed by atoms with Gasteiger partial charge in [-0.3, -0.25) is 9.59 Å². The van der Waals surface area contributed by atoms with Crippen LogP contribution in [0.15, 0.2) is 18.2 Å². The lowest BCUT2D eigenvalue weighted by Gasteiger charge is -2.21. The third-order valence-electron chi connectivity index (χ3n) is 2.93. The van der Waals surface area contributed by atoms with Gasteiger partial charge in [0.15, 0.2) is 0 Å². The summed E-state index contributed by atoms with van der Waals surface area (Å²) in [5.41, 5.74) is 5.58. The Hall–Kier alpha value is -2.11. The summed E-state index contributed by atoms with van der Waals surface area (Å²) in [7, 11) is 0. The van der Waals surface area contributed by atoms with Crippen molar-refractivity contribution in [2.24, 2.45) is 0 Å². The normalized spacial score (nSPS) is 10.2. The number of amides is 2. The Balaban J connectivity index is 2.81. The second-order valence-corrected chi connectivity index (χ2v) is 4.81. The van der Waals surface area contributed by atoms with Crippen molar-refractivity contribution in [3.8, 4) is 0 Å². The van der Waals surface area contributed by atoms with E-state index in [9.17, 15) is 14.0 Å². The number of anilines is 1. The van der Waals surface area contributed by atoms with Gasteiger partial charge in [0.05, 0.1) is 12.2 Å². The molecule has 0 spiro atoms. The van der Waals surface area contributed by atoms with Gasteiger partial charge in [0, 0.05) is 18.7 Å². The molecule has 0 saturated carbocycles. The van der Waals surface area contributed by atoms with Gasteiger partial charge in [-0.25, -0.2) is 4.39 Å². The van der Waals surface area contributed by atoms with Crippen molar-refractivity contribution in [1.82, 2.24) is 10.2 Å². The molecule has 6 heteroatoms. The SMILES string of the molecule is CCCNC(=O)CN(CCC)C(=O)c1ccc(N)c(F)c1. The number of nitrogen functional groups attached to an aromatic ring is 1. The minimum Gasteiger partial charge on any atom is -0.396 e. The van der Waals surface area contributed by atoms with Crippen LogP contribution in [0.4, 0.5) is 10.1 Å². The zero-order valence-corrected chi connectivity index (χ0v) is 12.5. The summed E-state index contributed by atoms with van der Waals surface area (Å²) < 4.78 is 13.4. The minimum absolute atomic E-state index is 0.00530. The van der Waals surface area contributed by atoms with Crippen molar-refractivity contribution < 1.29 is 14.0 Å². The number of halogens is 1. The molecule has 1 rings (SSSR count). The Morgan fingerprint density at radius 2 is 2.00 bits per heavy atom. The zero-order valence-electron chi connectivity index (χ0n) is 12.5. The van der Waals surface area contributed by atoms with Crippen molar-refractivity contribution in [2.45, 2.75) is 26.7 Å². The molecule has 1 aromatic rings. The molecule has 5 nitrogen and oxygen atoms in total. The molecule has 0 unspecified atom stereocenters. The van der Waals surface area contributed by atoms with E-state index in [1.165, 1.54) is 17.0 Å². The molecule has 0 bridgehead atoms. The smallest absolute Gasteiger partial charge is 0.254 e. The Morgan fingerprint density at radius 3 is 2.57 bits per heavy atom. The summed E-state index contributed by atoms with van der Waals surface area (Å²) in [4.78, 5) is 25.5. The topological polar surface area (TPSA) is 75.4 Å². The fraction of sp³-hybridized carbons (Fsp3) is 0.467. The number of benzene rings is 1. The molecular weight excluding hydrogens is 273 g/mol. The molecule has 0 radical (unpaired) electrons. The third kappa shape index (κ3) is 5.06. The standard InChI is InChI=1S/C15H22FN3O2/c1-3-7-18-14(20)10-19(8-4-2)15(21)11-5-6-13(17)12(16)9-11/h5-6,9H,3-4,7-8,10,17H2,1-2H3,(H,18,20). The van der Waals surface area contributed by atoms with E-state index in [1.54, 1.807) is 0 Å². The second-order valence-electron chi connectivity index (χ2n) is 4.81. The lowest BCUT2D eigenvalue weighted by atomic mass is 10.1. The summed E-state index contributed by atoms with van der Waals surface area (Å²) in [6.45, 7) is 4.84. The predicted molar refractivity (Wildman–Crippen MR) is 80.3 cm³/mol. The molecule has 0 atom stereocenters. The Bertz CT molecular complexity index is 506. The van der Waals surface area contributed by atoms with Gasteiger partial charge in [-0.05, 0) is 31.0 Å². The van der Waals surface area contributed by atoms with Crippen LogP contribution in [0.3, 0.4) is 0 Å². The fourth-order valence-electron chi connectivity index (χ4n) is 1.86.